The van der Waals surface area contributed by atoms with Crippen molar-refractivity contribution >= 4 is 63.8 Å². The monoisotopic (exact) mass is 641 g/mol. The zero-order valence-electron chi connectivity index (χ0n) is 26.3. The van der Waals surface area contributed by atoms with Gasteiger partial charge in [0, 0.05) is 42.2 Å². The molecule has 0 N–H and O–H groups in total. The molecule has 49 heavy (non-hydrogen) atoms. The maximum Gasteiger partial charge on any atom is 0.164 e. The molecule has 10 rings (SSSR count). The lowest BCUT2D eigenvalue weighted by Crippen LogP contribution is -2.00. The van der Waals surface area contributed by atoms with E-state index in [9.17, 15) is 0 Å². The normalized spacial score (nSPS) is 11.7. The highest BCUT2D eigenvalue weighted by molar-refractivity contribution is 7.26. The molecule has 0 aliphatic carbocycles. The maximum absolute atomic E-state index is 5.05. The molecule has 0 unspecified atom stereocenters. The van der Waals surface area contributed by atoms with Gasteiger partial charge in [-0.25, -0.2) is 15.0 Å². The van der Waals surface area contributed by atoms with Gasteiger partial charge in [0.2, 0.25) is 0 Å². The fraction of sp³-hybridized carbons (Fsp3) is 0. The third-order valence-electron chi connectivity index (χ3n) is 9.51. The van der Waals surface area contributed by atoms with E-state index in [2.05, 4.69) is 127 Å². The van der Waals surface area contributed by atoms with E-state index in [1.54, 1.807) is 0 Å². The van der Waals surface area contributed by atoms with Crippen LogP contribution in [0.4, 0.5) is 0 Å². The Morgan fingerprint density at radius 2 is 0.816 bits per heavy atom. The molecule has 0 saturated carbocycles. The maximum atomic E-state index is 5.05. The summed E-state index contributed by atoms with van der Waals surface area (Å²) in [5.41, 5.74) is 5.20. The SMILES string of the molecule is c1ccc(-c2ccc(-c3nc(-c4ccccc4)nc(-c4ccc5c(ccc6ccc7c(ccc8c9ccccc9sc87)c65)c4)n3)cc2)cc1. The van der Waals surface area contributed by atoms with E-state index in [0.29, 0.717) is 17.5 Å². The van der Waals surface area contributed by atoms with Crippen LogP contribution in [0.2, 0.25) is 0 Å². The van der Waals surface area contributed by atoms with Crippen molar-refractivity contribution < 1.29 is 0 Å². The molecule has 0 amide bonds. The molecule has 10 aromatic rings. The van der Waals surface area contributed by atoms with E-state index < -0.39 is 0 Å². The van der Waals surface area contributed by atoms with Crippen LogP contribution in [-0.2, 0) is 0 Å². The van der Waals surface area contributed by atoms with Crippen molar-refractivity contribution in [1.29, 1.82) is 0 Å². The number of benzene rings is 8. The first kappa shape index (κ1) is 27.8. The summed E-state index contributed by atoms with van der Waals surface area (Å²) in [6, 6.07) is 58.0. The van der Waals surface area contributed by atoms with Gasteiger partial charge < -0.3 is 0 Å². The Morgan fingerprint density at radius 1 is 0.327 bits per heavy atom. The zero-order chi connectivity index (χ0) is 32.3. The van der Waals surface area contributed by atoms with Crippen LogP contribution in [0, 0.1) is 0 Å². The molecule has 0 spiro atoms. The molecule has 2 heterocycles. The minimum Gasteiger partial charge on any atom is -0.208 e. The highest BCUT2D eigenvalue weighted by atomic mass is 32.1. The number of rotatable bonds is 4. The average Bonchev–Trinajstić information content (AvgIpc) is 3.57. The molecule has 3 nitrogen and oxygen atoms in total. The smallest absolute Gasteiger partial charge is 0.164 e. The molecule has 2 aromatic heterocycles. The zero-order valence-corrected chi connectivity index (χ0v) is 27.2. The Balaban J connectivity index is 1.13. The molecule has 0 radical (unpaired) electrons. The lowest BCUT2D eigenvalue weighted by atomic mass is 9.94. The summed E-state index contributed by atoms with van der Waals surface area (Å²) in [4.78, 5) is 15.0. The number of fused-ring (bicyclic) bond motifs is 9. The van der Waals surface area contributed by atoms with E-state index in [4.69, 9.17) is 15.0 Å². The average molecular weight is 642 g/mol. The summed E-state index contributed by atoms with van der Waals surface area (Å²) in [5.74, 6) is 1.97. The number of aromatic nitrogens is 3. The predicted molar refractivity (Wildman–Crippen MR) is 207 cm³/mol. The van der Waals surface area contributed by atoms with Crippen LogP contribution in [0.3, 0.4) is 0 Å². The molecule has 0 aliphatic heterocycles. The van der Waals surface area contributed by atoms with Gasteiger partial charge in [-0.1, -0.05) is 152 Å². The quantitative estimate of drug-likeness (QED) is 0.180. The standard InChI is InChI=1S/C45H27N3S/c1-3-9-28(10-4-1)29-15-18-32(19-16-29)44-46-43(31-11-5-2-6-12-31)47-45(48-44)34-22-23-35-33(27-34)20-17-30-21-24-39-37(41(30)35)25-26-38-36-13-7-8-14-40(36)49-42(38)39/h1-27H. The highest BCUT2D eigenvalue weighted by Crippen LogP contribution is 2.42. The lowest BCUT2D eigenvalue weighted by molar-refractivity contribution is 1.07. The Bertz CT molecular complexity index is 2860. The molecule has 0 atom stereocenters. The first-order chi connectivity index (χ1) is 24.3. The molecule has 0 aliphatic rings. The van der Waals surface area contributed by atoms with Gasteiger partial charge in [-0.05, 0) is 50.2 Å². The second kappa shape index (κ2) is 11.2. The van der Waals surface area contributed by atoms with Gasteiger partial charge in [0.25, 0.3) is 0 Å². The second-order valence-electron chi connectivity index (χ2n) is 12.4. The first-order valence-electron chi connectivity index (χ1n) is 16.4. The van der Waals surface area contributed by atoms with Crippen molar-refractivity contribution in [2.24, 2.45) is 0 Å². The van der Waals surface area contributed by atoms with Crippen LogP contribution in [0.25, 0.3) is 97.8 Å². The Morgan fingerprint density at radius 3 is 1.59 bits per heavy atom. The van der Waals surface area contributed by atoms with Crippen LogP contribution in [0.5, 0.6) is 0 Å². The van der Waals surface area contributed by atoms with E-state index >= 15 is 0 Å². The largest absolute Gasteiger partial charge is 0.208 e. The van der Waals surface area contributed by atoms with Gasteiger partial charge in [0.1, 0.15) is 0 Å². The Hall–Kier alpha value is -6.23. The Kier molecular flexibility index (Phi) is 6.36. The molecule has 228 valence electrons. The van der Waals surface area contributed by atoms with Crippen LogP contribution in [0.15, 0.2) is 164 Å². The minimum atomic E-state index is 0.653. The molecule has 4 heteroatoms. The van der Waals surface area contributed by atoms with Crippen molar-refractivity contribution in [3.63, 3.8) is 0 Å². The summed E-state index contributed by atoms with van der Waals surface area (Å²) >= 11 is 1.88. The van der Waals surface area contributed by atoms with Gasteiger partial charge in [-0.3, -0.25) is 0 Å². The third-order valence-corrected chi connectivity index (χ3v) is 10.7. The van der Waals surface area contributed by atoms with Crippen LogP contribution in [-0.4, -0.2) is 15.0 Å². The van der Waals surface area contributed by atoms with Gasteiger partial charge in [0.15, 0.2) is 17.5 Å². The molecule has 0 bridgehead atoms. The van der Waals surface area contributed by atoms with E-state index in [1.165, 1.54) is 52.7 Å². The number of hydrogen-bond acceptors (Lipinski definition) is 4. The van der Waals surface area contributed by atoms with Gasteiger partial charge in [-0.2, -0.15) is 0 Å². The molecule has 8 aromatic carbocycles. The summed E-state index contributed by atoms with van der Waals surface area (Å²) in [6.07, 6.45) is 0. The molecular weight excluding hydrogens is 615 g/mol. The van der Waals surface area contributed by atoms with Gasteiger partial charge >= 0.3 is 0 Å². The summed E-state index contributed by atoms with van der Waals surface area (Å²) in [6.45, 7) is 0. The van der Waals surface area contributed by atoms with E-state index in [1.807, 2.05) is 47.7 Å². The predicted octanol–water partition coefficient (Wildman–Crippen LogP) is 12.4. The van der Waals surface area contributed by atoms with Crippen molar-refractivity contribution in [1.82, 2.24) is 15.0 Å². The van der Waals surface area contributed by atoms with Crippen molar-refractivity contribution in [2.75, 3.05) is 0 Å². The van der Waals surface area contributed by atoms with Crippen molar-refractivity contribution in [2.45, 2.75) is 0 Å². The van der Waals surface area contributed by atoms with Crippen molar-refractivity contribution in [3.8, 4) is 45.3 Å². The first-order valence-corrected chi connectivity index (χ1v) is 17.3. The van der Waals surface area contributed by atoms with Crippen molar-refractivity contribution in [3.05, 3.63) is 164 Å². The van der Waals surface area contributed by atoms with E-state index in [0.717, 1.165) is 27.6 Å². The highest BCUT2D eigenvalue weighted by Gasteiger charge is 2.15. The topological polar surface area (TPSA) is 38.7 Å². The summed E-state index contributed by atoms with van der Waals surface area (Å²) in [7, 11) is 0. The van der Waals surface area contributed by atoms with Crippen LogP contribution >= 0.6 is 11.3 Å². The summed E-state index contributed by atoms with van der Waals surface area (Å²) < 4.78 is 2.67. The minimum absolute atomic E-state index is 0.653. The van der Waals surface area contributed by atoms with Gasteiger partial charge in [0.05, 0.1) is 0 Å². The fourth-order valence-electron chi connectivity index (χ4n) is 7.08. The third kappa shape index (κ3) is 4.68. The molecular formula is C45H27N3S. The van der Waals surface area contributed by atoms with Gasteiger partial charge in [-0.15, -0.1) is 11.3 Å². The second-order valence-corrected chi connectivity index (χ2v) is 13.5. The number of hydrogen-bond donors (Lipinski definition) is 0. The summed E-state index contributed by atoms with van der Waals surface area (Å²) in [5, 5.41) is 10.1. The number of nitrogens with zero attached hydrogens (tertiary/aromatic N) is 3. The molecule has 0 fully saturated rings. The Labute approximate surface area is 286 Å². The number of thiophene rings is 1. The fourth-order valence-corrected chi connectivity index (χ4v) is 8.31. The van der Waals surface area contributed by atoms with E-state index in [-0.39, 0.29) is 0 Å². The van der Waals surface area contributed by atoms with Crippen LogP contribution in [0.1, 0.15) is 0 Å². The molecule has 0 saturated heterocycles. The van der Waals surface area contributed by atoms with Crippen LogP contribution < -0.4 is 0 Å². The lowest BCUT2D eigenvalue weighted by Gasteiger charge is -2.12.